The van der Waals surface area contributed by atoms with E-state index in [0.29, 0.717) is 17.3 Å². The second-order valence-electron chi connectivity index (χ2n) is 6.91. The molecule has 2 aliphatic heterocycles. The van der Waals surface area contributed by atoms with E-state index >= 15 is 0 Å². The highest BCUT2D eigenvalue weighted by atomic mass is 16.2. The number of likely N-dealkylation sites (tertiary alicyclic amines) is 1. The molecule has 6 heteroatoms. The largest absolute Gasteiger partial charge is 0.326 e. The number of carbonyl (C=O) groups is 3. The van der Waals surface area contributed by atoms with Crippen LogP contribution in [-0.2, 0) is 14.4 Å². The topological polar surface area (TPSA) is 70.9 Å². The number of nitrogens with one attached hydrogen (secondary N) is 2. The van der Waals surface area contributed by atoms with Gasteiger partial charge in [-0.1, -0.05) is 6.92 Å². The van der Waals surface area contributed by atoms with Crippen LogP contribution in [0, 0.1) is 5.92 Å². The normalized spacial score (nSPS) is 27.4. The van der Waals surface area contributed by atoms with Crippen molar-refractivity contribution in [1.82, 2.24) is 0 Å². The Kier molecular flexibility index (Phi) is 4.66. The summed E-state index contributed by atoms with van der Waals surface area (Å²) in [6, 6.07) is 6.58. The summed E-state index contributed by atoms with van der Waals surface area (Å²) in [7, 11) is 0. The number of carbonyl (C=O) groups excluding carboxylic acids is 3. The highest BCUT2D eigenvalue weighted by Gasteiger charge is 2.46. The van der Waals surface area contributed by atoms with Gasteiger partial charge in [0.05, 0.1) is 25.2 Å². The molecule has 3 rings (SSSR count). The van der Waals surface area contributed by atoms with Crippen molar-refractivity contribution in [3.8, 4) is 0 Å². The van der Waals surface area contributed by atoms with Gasteiger partial charge in [0, 0.05) is 18.5 Å². The van der Waals surface area contributed by atoms with Gasteiger partial charge in [-0.05, 0) is 37.1 Å². The molecule has 0 aliphatic carbocycles. The SMILES string of the molecule is CC(=O)Nc1ccc(N2C(=O)C[C@@H]([NH+]3CCC[C@@H](C)C3)C2=O)cc1. The molecule has 1 aromatic carbocycles. The predicted molar refractivity (Wildman–Crippen MR) is 90.7 cm³/mol. The number of benzene rings is 1. The number of piperidine rings is 1. The lowest BCUT2D eigenvalue weighted by molar-refractivity contribution is -0.923. The Bertz CT molecular complexity index is 656. The third-order valence-corrected chi connectivity index (χ3v) is 4.89. The Morgan fingerprint density at radius 2 is 1.96 bits per heavy atom. The zero-order valence-electron chi connectivity index (χ0n) is 14.2. The van der Waals surface area contributed by atoms with Crippen molar-refractivity contribution >= 4 is 29.1 Å². The van der Waals surface area contributed by atoms with Crippen molar-refractivity contribution < 1.29 is 19.3 Å². The lowest BCUT2D eigenvalue weighted by Gasteiger charge is -2.31. The highest BCUT2D eigenvalue weighted by molar-refractivity contribution is 6.21. The van der Waals surface area contributed by atoms with Gasteiger partial charge in [0.2, 0.25) is 11.8 Å². The zero-order chi connectivity index (χ0) is 17.3. The first-order chi connectivity index (χ1) is 11.5. The van der Waals surface area contributed by atoms with E-state index in [1.165, 1.54) is 23.1 Å². The maximum absolute atomic E-state index is 12.8. The summed E-state index contributed by atoms with van der Waals surface area (Å²) in [5.41, 5.74) is 1.23. The minimum absolute atomic E-state index is 0.101. The Morgan fingerprint density at radius 1 is 1.25 bits per heavy atom. The molecule has 2 N–H and O–H groups in total. The van der Waals surface area contributed by atoms with Crippen molar-refractivity contribution in [3.63, 3.8) is 0 Å². The molecule has 2 aliphatic rings. The van der Waals surface area contributed by atoms with E-state index in [9.17, 15) is 14.4 Å². The van der Waals surface area contributed by atoms with Crippen LogP contribution in [0.3, 0.4) is 0 Å². The molecule has 0 radical (unpaired) electrons. The van der Waals surface area contributed by atoms with E-state index in [2.05, 4.69) is 12.2 Å². The molecule has 2 fully saturated rings. The lowest BCUT2D eigenvalue weighted by Crippen LogP contribution is -3.18. The van der Waals surface area contributed by atoms with Crippen LogP contribution in [0.15, 0.2) is 24.3 Å². The van der Waals surface area contributed by atoms with Crippen LogP contribution in [0.1, 0.15) is 33.1 Å². The molecule has 3 atom stereocenters. The van der Waals surface area contributed by atoms with E-state index in [-0.39, 0.29) is 30.2 Å². The predicted octanol–water partition coefficient (Wildman–Crippen LogP) is 0.592. The quantitative estimate of drug-likeness (QED) is 0.797. The van der Waals surface area contributed by atoms with Crippen molar-refractivity contribution in [3.05, 3.63) is 24.3 Å². The lowest BCUT2D eigenvalue weighted by atomic mass is 9.98. The molecule has 6 nitrogen and oxygen atoms in total. The number of amides is 3. The number of hydrogen-bond acceptors (Lipinski definition) is 3. The number of hydrogen-bond donors (Lipinski definition) is 2. The minimum Gasteiger partial charge on any atom is -0.326 e. The van der Waals surface area contributed by atoms with Crippen LogP contribution in [0.5, 0.6) is 0 Å². The summed E-state index contributed by atoms with van der Waals surface area (Å²) < 4.78 is 0. The first-order valence-electron chi connectivity index (χ1n) is 8.54. The van der Waals surface area contributed by atoms with Gasteiger partial charge in [-0.3, -0.25) is 14.4 Å². The smallest absolute Gasteiger partial charge is 0.292 e. The molecule has 3 amide bonds. The number of quaternary nitrogens is 1. The van der Waals surface area contributed by atoms with E-state index in [1.54, 1.807) is 24.3 Å². The first-order valence-corrected chi connectivity index (χ1v) is 8.54. The van der Waals surface area contributed by atoms with Crippen LogP contribution >= 0.6 is 0 Å². The summed E-state index contributed by atoms with van der Waals surface area (Å²) >= 11 is 0. The Balaban J connectivity index is 1.75. The average Bonchev–Trinajstić information content (AvgIpc) is 2.83. The van der Waals surface area contributed by atoms with E-state index in [0.717, 1.165) is 19.5 Å². The Hall–Kier alpha value is -2.21. The van der Waals surface area contributed by atoms with Gasteiger partial charge < -0.3 is 10.2 Å². The van der Waals surface area contributed by atoms with Gasteiger partial charge in [0.1, 0.15) is 0 Å². The molecule has 0 aromatic heterocycles. The van der Waals surface area contributed by atoms with Gasteiger partial charge in [-0.25, -0.2) is 4.90 Å². The molecule has 0 spiro atoms. The number of nitrogens with zero attached hydrogens (tertiary/aromatic N) is 1. The van der Waals surface area contributed by atoms with Gasteiger partial charge in [-0.2, -0.15) is 0 Å². The fourth-order valence-corrected chi connectivity index (χ4v) is 3.77. The average molecular weight is 330 g/mol. The van der Waals surface area contributed by atoms with Crippen molar-refractivity contribution in [2.75, 3.05) is 23.3 Å². The fraction of sp³-hybridized carbons (Fsp3) is 0.500. The standard InChI is InChI=1S/C18H23N3O3/c1-12-4-3-9-20(11-12)16-10-17(23)21(18(16)24)15-7-5-14(6-8-15)19-13(2)22/h5-8,12,16H,3-4,9-11H2,1-2H3,(H,19,22)/p+1/t12-,16-/m1/s1. The molecule has 2 heterocycles. The first kappa shape index (κ1) is 16.6. The Morgan fingerprint density at radius 3 is 2.58 bits per heavy atom. The number of anilines is 2. The summed E-state index contributed by atoms with van der Waals surface area (Å²) in [5, 5.41) is 2.68. The fourth-order valence-electron chi connectivity index (χ4n) is 3.77. The van der Waals surface area contributed by atoms with Gasteiger partial charge in [0.25, 0.3) is 5.91 Å². The van der Waals surface area contributed by atoms with E-state index in [1.807, 2.05) is 0 Å². The molecule has 1 aromatic rings. The zero-order valence-corrected chi connectivity index (χ0v) is 14.2. The van der Waals surface area contributed by atoms with Crippen LogP contribution in [0.4, 0.5) is 11.4 Å². The molecule has 0 bridgehead atoms. The van der Waals surface area contributed by atoms with Crippen molar-refractivity contribution in [2.24, 2.45) is 5.92 Å². The molecule has 1 unspecified atom stereocenters. The van der Waals surface area contributed by atoms with Gasteiger partial charge >= 0.3 is 0 Å². The van der Waals surface area contributed by atoms with Gasteiger partial charge in [0.15, 0.2) is 6.04 Å². The Labute approximate surface area is 141 Å². The van der Waals surface area contributed by atoms with Crippen LogP contribution < -0.4 is 15.1 Å². The minimum atomic E-state index is -0.254. The maximum Gasteiger partial charge on any atom is 0.292 e. The monoisotopic (exact) mass is 330 g/mol. The molecular formula is C18H24N3O3+. The molecule has 0 saturated carbocycles. The van der Waals surface area contributed by atoms with Crippen molar-refractivity contribution in [1.29, 1.82) is 0 Å². The highest BCUT2D eigenvalue weighted by Crippen LogP contribution is 2.24. The number of rotatable bonds is 3. The van der Waals surface area contributed by atoms with Crippen LogP contribution in [0.2, 0.25) is 0 Å². The second kappa shape index (κ2) is 6.73. The molecule has 128 valence electrons. The third-order valence-electron chi connectivity index (χ3n) is 4.89. The maximum atomic E-state index is 12.8. The molecule has 2 saturated heterocycles. The molecule has 24 heavy (non-hydrogen) atoms. The van der Waals surface area contributed by atoms with E-state index in [4.69, 9.17) is 0 Å². The molecular weight excluding hydrogens is 306 g/mol. The van der Waals surface area contributed by atoms with Gasteiger partial charge in [-0.15, -0.1) is 0 Å². The summed E-state index contributed by atoms with van der Waals surface area (Å²) in [4.78, 5) is 38.8. The summed E-state index contributed by atoms with van der Waals surface area (Å²) in [5.74, 6) is 0.209. The van der Waals surface area contributed by atoms with Crippen LogP contribution in [-0.4, -0.2) is 36.9 Å². The van der Waals surface area contributed by atoms with Crippen LogP contribution in [0.25, 0.3) is 0 Å². The summed E-state index contributed by atoms with van der Waals surface area (Å²) in [6.07, 6.45) is 2.60. The third kappa shape index (κ3) is 3.33. The van der Waals surface area contributed by atoms with E-state index < -0.39 is 0 Å². The summed E-state index contributed by atoms with van der Waals surface area (Å²) in [6.45, 7) is 5.57. The van der Waals surface area contributed by atoms with Crippen molar-refractivity contribution in [2.45, 2.75) is 39.2 Å². The number of imide groups is 1. The second-order valence-corrected chi connectivity index (χ2v) is 6.91.